The van der Waals surface area contributed by atoms with E-state index in [2.05, 4.69) is 25.1 Å². The van der Waals surface area contributed by atoms with Crippen molar-refractivity contribution in [2.75, 3.05) is 0 Å². The highest BCUT2D eigenvalue weighted by Crippen LogP contribution is 2.09. The number of hydrogen-bond donors (Lipinski definition) is 1. The first-order valence-electron chi connectivity index (χ1n) is 6.22. The lowest BCUT2D eigenvalue weighted by Crippen LogP contribution is -2.07. The predicted molar refractivity (Wildman–Crippen MR) is 71.6 cm³/mol. The molecule has 3 rings (SSSR count). The molecule has 0 amide bonds. The second-order valence-electron chi connectivity index (χ2n) is 4.29. The first kappa shape index (κ1) is 13.0. The molecule has 3 heterocycles. The van der Waals surface area contributed by atoms with Crippen LogP contribution in [0.4, 0.5) is 0 Å². The van der Waals surface area contributed by atoms with Crippen LogP contribution in [0.3, 0.4) is 0 Å². The van der Waals surface area contributed by atoms with Crippen LogP contribution >= 0.6 is 0 Å². The molecule has 0 radical (unpaired) electrons. The molecule has 0 aliphatic rings. The maximum atomic E-state index is 12.0. The number of esters is 1. The molecule has 8 heteroatoms. The molecule has 3 aromatic rings. The lowest BCUT2D eigenvalue weighted by molar-refractivity contribution is 0.0462. The van der Waals surface area contributed by atoms with Gasteiger partial charge in [0.25, 0.3) is 0 Å². The zero-order chi connectivity index (χ0) is 14.7. The molecular formula is C13H12N6O2. The number of H-pyrrole nitrogens is 1. The molecule has 0 aliphatic heterocycles. The number of nitrogens with zero attached hydrogens (tertiary/aromatic N) is 5. The van der Waals surface area contributed by atoms with Crippen molar-refractivity contribution in [1.29, 1.82) is 0 Å². The number of rotatable bonds is 4. The van der Waals surface area contributed by atoms with Gasteiger partial charge in [0.1, 0.15) is 18.0 Å². The van der Waals surface area contributed by atoms with Crippen LogP contribution in [0.5, 0.6) is 0 Å². The SMILES string of the molecule is Cc1nc(COC(=O)c2ccnc(-n3ccnc3)c2)n[nH]1. The van der Waals surface area contributed by atoms with E-state index >= 15 is 0 Å². The van der Waals surface area contributed by atoms with Crippen molar-refractivity contribution < 1.29 is 9.53 Å². The number of carbonyl (C=O) groups is 1. The van der Waals surface area contributed by atoms with Gasteiger partial charge in [-0.1, -0.05) is 0 Å². The monoisotopic (exact) mass is 284 g/mol. The van der Waals surface area contributed by atoms with E-state index < -0.39 is 5.97 Å². The summed E-state index contributed by atoms with van der Waals surface area (Å²) < 4.78 is 6.87. The highest BCUT2D eigenvalue weighted by molar-refractivity contribution is 5.89. The average molecular weight is 284 g/mol. The number of imidazole rings is 1. The van der Waals surface area contributed by atoms with Gasteiger partial charge in [-0.15, -0.1) is 0 Å². The summed E-state index contributed by atoms with van der Waals surface area (Å²) in [7, 11) is 0. The van der Waals surface area contributed by atoms with Crippen molar-refractivity contribution in [3.05, 3.63) is 54.3 Å². The van der Waals surface area contributed by atoms with Crippen LogP contribution in [0.25, 0.3) is 5.82 Å². The number of aromatic nitrogens is 6. The molecule has 0 aliphatic carbocycles. The summed E-state index contributed by atoms with van der Waals surface area (Å²) in [6.07, 6.45) is 6.53. The van der Waals surface area contributed by atoms with E-state index in [4.69, 9.17) is 4.74 Å². The molecule has 106 valence electrons. The number of nitrogens with one attached hydrogen (secondary N) is 1. The van der Waals surface area contributed by atoms with Gasteiger partial charge in [-0.05, 0) is 19.1 Å². The molecule has 8 nitrogen and oxygen atoms in total. The number of ether oxygens (including phenoxy) is 1. The van der Waals surface area contributed by atoms with Gasteiger partial charge in [0, 0.05) is 18.6 Å². The zero-order valence-electron chi connectivity index (χ0n) is 11.2. The van der Waals surface area contributed by atoms with Crippen molar-refractivity contribution in [3.8, 4) is 5.82 Å². The van der Waals surface area contributed by atoms with Crippen LogP contribution in [-0.2, 0) is 11.3 Å². The minimum Gasteiger partial charge on any atom is -0.454 e. The minimum atomic E-state index is -0.457. The number of hydrogen-bond acceptors (Lipinski definition) is 6. The molecule has 1 N–H and O–H groups in total. The lowest BCUT2D eigenvalue weighted by Gasteiger charge is -2.05. The number of pyridine rings is 1. The van der Waals surface area contributed by atoms with Crippen molar-refractivity contribution >= 4 is 5.97 Å². The second-order valence-corrected chi connectivity index (χ2v) is 4.29. The molecule has 0 saturated heterocycles. The second kappa shape index (κ2) is 5.53. The van der Waals surface area contributed by atoms with E-state index in [1.54, 1.807) is 48.5 Å². The summed E-state index contributed by atoms with van der Waals surface area (Å²) in [6, 6.07) is 3.22. The topological polar surface area (TPSA) is 98.6 Å². The quantitative estimate of drug-likeness (QED) is 0.719. The summed E-state index contributed by atoms with van der Waals surface area (Å²) >= 11 is 0. The minimum absolute atomic E-state index is 0.0197. The Balaban J connectivity index is 1.71. The van der Waals surface area contributed by atoms with Crippen LogP contribution in [-0.4, -0.2) is 35.7 Å². The molecule has 0 fully saturated rings. The van der Waals surface area contributed by atoms with Crippen LogP contribution in [0, 0.1) is 6.92 Å². The largest absolute Gasteiger partial charge is 0.454 e. The Morgan fingerprint density at radius 1 is 1.43 bits per heavy atom. The molecular weight excluding hydrogens is 272 g/mol. The van der Waals surface area contributed by atoms with Crippen LogP contribution in [0.1, 0.15) is 22.0 Å². The number of aromatic amines is 1. The van der Waals surface area contributed by atoms with Crippen molar-refractivity contribution in [3.63, 3.8) is 0 Å². The highest BCUT2D eigenvalue weighted by atomic mass is 16.5. The van der Waals surface area contributed by atoms with Crippen molar-refractivity contribution in [1.82, 2.24) is 29.7 Å². The molecule has 0 spiro atoms. The van der Waals surface area contributed by atoms with E-state index in [-0.39, 0.29) is 6.61 Å². The molecule has 0 unspecified atom stereocenters. The van der Waals surface area contributed by atoms with E-state index in [0.717, 1.165) is 0 Å². The number of aryl methyl sites for hydroxylation is 1. The fourth-order valence-corrected chi connectivity index (χ4v) is 1.75. The average Bonchev–Trinajstić information content (AvgIpc) is 3.16. The Labute approximate surface area is 119 Å². The van der Waals surface area contributed by atoms with Gasteiger partial charge in [-0.25, -0.2) is 19.7 Å². The third-order valence-corrected chi connectivity index (χ3v) is 2.73. The Morgan fingerprint density at radius 3 is 3.05 bits per heavy atom. The fourth-order valence-electron chi connectivity index (χ4n) is 1.75. The Kier molecular flexibility index (Phi) is 3.42. The lowest BCUT2D eigenvalue weighted by atomic mass is 10.2. The number of carbonyl (C=O) groups excluding carboxylic acids is 1. The third-order valence-electron chi connectivity index (χ3n) is 2.73. The molecule has 21 heavy (non-hydrogen) atoms. The summed E-state index contributed by atoms with van der Waals surface area (Å²) in [6.45, 7) is 1.80. The Morgan fingerprint density at radius 2 is 2.33 bits per heavy atom. The Bertz CT molecular complexity index is 750. The van der Waals surface area contributed by atoms with Gasteiger partial charge in [-0.2, -0.15) is 5.10 Å². The summed E-state index contributed by atoms with van der Waals surface area (Å²) in [5, 5.41) is 6.59. The van der Waals surface area contributed by atoms with Crippen LogP contribution < -0.4 is 0 Å². The first-order chi connectivity index (χ1) is 10.2. The van der Waals surface area contributed by atoms with E-state index in [0.29, 0.717) is 23.0 Å². The third kappa shape index (κ3) is 2.94. The van der Waals surface area contributed by atoms with Crippen molar-refractivity contribution in [2.45, 2.75) is 13.5 Å². The van der Waals surface area contributed by atoms with Gasteiger partial charge in [-0.3, -0.25) is 9.67 Å². The Hall–Kier alpha value is -3.03. The molecule has 0 bridgehead atoms. The van der Waals surface area contributed by atoms with Crippen LogP contribution in [0.2, 0.25) is 0 Å². The maximum Gasteiger partial charge on any atom is 0.338 e. The molecule has 0 saturated carbocycles. The van der Waals surface area contributed by atoms with E-state index in [1.165, 1.54) is 0 Å². The molecule has 0 aromatic carbocycles. The van der Waals surface area contributed by atoms with E-state index in [1.807, 2.05) is 0 Å². The molecule has 3 aromatic heterocycles. The van der Waals surface area contributed by atoms with Crippen molar-refractivity contribution in [2.24, 2.45) is 0 Å². The normalized spacial score (nSPS) is 10.5. The van der Waals surface area contributed by atoms with Gasteiger partial charge in [0.15, 0.2) is 12.4 Å². The van der Waals surface area contributed by atoms with Gasteiger partial charge >= 0.3 is 5.97 Å². The maximum absolute atomic E-state index is 12.0. The van der Waals surface area contributed by atoms with Gasteiger partial charge < -0.3 is 4.74 Å². The van der Waals surface area contributed by atoms with Gasteiger partial charge in [0.2, 0.25) is 0 Å². The smallest absolute Gasteiger partial charge is 0.338 e. The summed E-state index contributed by atoms with van der Waals surface area (Å²) in [4.78, 5) is 24.2. The van der Waals surface area contributed by atoms with Crippen LogP contribution in [0.15, 0.2) is 37.1 Å². The predicted octanol–water partition coefficient (Wildman–Crippen LogP) is 1.05. The summed E-state index contributed by atoms with van der Waals surface area (Å²) in [5.74, 6) is 1.24. The zero-order valence-corrected chi connectivity index (χ0v) is 11.2. The summed E-state index contributed by atoms with van der Waals surface area (Å²) in [5.41, 5.74) is 0.404. The van der Waals surface area contributed by atoms with Gasteiger partial charge in [0.05, 0.1) is 5.56 Å². The van der Waals surface area contributed by atoms with E-state index in [9.17, 15) is 4.79 Å². The fraction of sp³-hybridized carbons (Fsp3) is 0.154. The highest BCUT2D eigenvalue weighted by Gasteiger charge is 2.11. The first-order valence-corrected chi connectivity index (χ1v) is 6.22. The molecule has 0 atom stereocenters. The standard InChI is InChI=1S/C13H12N6O2/c1-9-16-11(18-17-9)7-21-13(20)10-2-3-15-12(6-10)19-5-4-14-8-19/h2-6,8H,7H2,1H3,(H,16,17,18).